The fourth-order valence-electron chi connectivity index (χ4n) is 3.45. The zero-order valence-electron chi connectivity index (χ0n) is 20.0. The molecule has 2 amide bonds. The van der Waals surface area contributed by atoms with E-state index in [9.17, 15) is 4.79 Å². The molecule has 0 aliphatic carbocycles. The van der Waals surface area contributed by atoms with Crippen molar-refractivity contribution in [3.8, 4) is 23.1 Å². The number of benzene rings is 3. The van der Waals surface area contributed by atoms with Crippen LogP contribution < -0.4 is 29.7 Å². The van der Waals surface area contributed by atoms with Gasteiger partial charge in [-0.15, -0.1) is 0 Å². The number of rotatable bonds is 8. The van der Waals surface area contributed by atoms with Crippen LogP contribution in [-0.2, 0) is 6.54 Å². The smallest absolute Gasteiger partial charge is 0.319 e. The summed E-state index contributed by atoms with van der Waals surface area (Å²) in [7, 11) is 7.11. The zero-order valence-corrected chi connectivity index (χ0v) is 20.0. The Morgan fingerprint density at radius 3 is 2.40 bits per heavy atom. The maximum absolute atomic E-state index is 12.3. The summed E-state index contributed by atoms with van der Waals surface area (Å²) < 4.78 is 16.5. The fraction of sp³-hybridized carbons (Fsp3) is 0.192. The molecule has 180 valence electrons. The second-order valence-electron chi connectivity index (χ2n) is 7.90. The van der Waals surface area contributed by atoms with E-state index in [4.69, 9.17) is 14.2 Å². The van der Waals surface area contributed by atoms with Gasteiger partial charge in [-0.25, -0.2) is 14.8 Å². The first-order valence-corrected chi connectivity index (χ1v) is 10.9. The number of carbonyl (C=O) groups is 1. The normalized spacial score (nSPS) is 10.5. The standard InChI is InChI=1S/C26H27N5O4/c1-31(2)19-8-11-21-22(14-19)28-16-29-25(21)35-20-9-6-18(7-10-20)30-26(32)27-15-17-5-12-23(33-3)24(13-17)34-4/h5-14,16H,15H2,1-4H3,(H2,27,30,32). The molecule has 0 unspecified atom stereocenters. The Kier molecular flexibility index (Phi) is 7.15. The van der Waals surface area contributed by atoms with Crippen molar-refractivity contribution in [3.05, 3.63) is 72.6 Å². The van der Waals surface area contributed by atoms with Crippen molar-refractivity contribution in [2.24, 2.45) is 0 Å². The molecule has 0 saturated heterocycles. The number of nitrogens with zero attached hydrogens (tertiary/aromatic N) is 3. The molecule has 0 atom stereocenters. The van der Waals surface area contributed by atoms with Gasteiger partial charge in [0.25, 0.3) is 0 Å². The molecule has 1 aromatic heterocycles. The van der Waals surface area contributed by atoms with E-state index in [0.29, 0.717) is 35.4 Å². The number of hydrogen-bond donors (Lipinski definition) is 2. The van der Waals surface area contributed by atoms with Gasteiger partial charge < -0.3 is 29.7 Å². The maximum atomic E-state index is 12.3. The van der Waals surface area contributed by atoms with E-state index in [1.165, 1.54) is 6.33 Å². The van der Waals surface area contributed by atoms with Crippen LogP contribution in [0.3, 0.4) is 0 Å². The van der Waals surface area contributed by atoms with Crippen molar-refractivity contribution in [2.75, 3.05) is 38.5 Å². The number of hydrogen-bond acceptors (Lipinski definition) is 7. The molecule has 9 nitrogen and oxygen atoms in total. The summed E-state index contributed by atoms with van der Waals surface area (Å²) in [6.45, 7) is 0.337. The Bertz CT molecular complexity index is 1330. The van der Waals surface area contributed by atoms with Gasteiger partial charge in [0, 0.05) is 32.0 Å². The van der Waals surface area contributed by atoms with Crippen LogP contribution in [0, 0.1) is 0 Å². The van der Waals surface area contributed by atoms with E-state index < -0.39 is 0 Å². The lowest BCUT2D eigenvalue weighted by Gasteiger charge is -2.14. The highest BCUT2D eigenvalue weighted by molar-refractivity contribution is 5.89. The van der Waals surface area contributed by atoms with Crippen molar-refractivity contribution < 1.29 is 19.0 Å². The first-order chi connectivity index (χ1) is 17.0. The van der Waals surface area contributed by atoms with E-state index in [0.717, 1.165) is 22.2 Å². The number of aromatic nitrogens is 2. The number of fused-ring (bicyclic) bond motifs is 1. The fourth-order valence-corrected chi connectivity index (χ4v) is 3.45. The Hall–Kier alpha value is -4.53. The molecule has 0 fully saturated rings. The molecule has 35 heavy (non-hydrogen) atoms. The Morgan fingerprint density at radius 1 is 0.914 bits per heavy atom. The molecule has 0 bridgehead atoms. The summed E-state index contributed by atoms with van der Waals surface area (Å²) in [6, 6.07) is 18.1. The molecule has 1 heterocycles. The summed E-state index contributed by atoms with van der Waals surface area (Å²) in [6.07, 6.45) is 1.48. The highest BCUT2D eigenvalue weighted by atomic mass is 16.5. The number of amides is 2. The number of anilines is 2. The van der Waals surface area contributed by atoms with Crippen molar-refractivity contribution in [2.45, 2.75) is 6.54 Å². The van der Waals surface area contributed by atoms with E-state index >= 15 is 0 Å². The van der Waals surface area contributed by atoms with Gasteiger partial charge in [0.2, 0.25) is 5.88 Å². The van der Waals surface area contributed by atoms with E-state index in [1.54, 1.807) is 44.6 Å². The van der Waals surface area contributed by atoms with Gasteiger partial charge in [-0.3, -0.25) is 0 Å². The van der Waals surface area contributed by atoms with E-state index in [-0.39, 0.29) is 6.03 Å². The molecule has 3 aromatic carbocycles. The number of urea groups is 1. The van der Waals surface area contributed by atoms with Gasteiger partial charge in [-0.2, -0.15) is 0 Å². The average Bonchev–Trinajstić information content (AvgIpc) is 2.88. The lowest BCUT2D eigenvalue weighted by molar-refractivity contribution is 0.251. The predicted octanol–water partition coefficient (Wildman–Crippen LogP) is 4.83. The third-order valence-corrected chi connectivity index (χ3v) is 5.33. The third kappa shape index (κ3) is 5.70. The third-order valence-electron chi connectivity index (χ3n) is 5.33. The lowest BCUT2D eigenvalue weighted by Crippen LogP contribution is -2.28. The molecule has 4 rings (SSSR count). The highest BCUT2D eigenvalue weighted by Crippen LogP contribution is 2.30. The van der Waals surface area contributed by atoms with Crippen LogP contribution >= 0.6 is 0 Å². The molecular formula is C26H27N5O4. The molecule has 4 aromatic rings. The maximum Gasteiger partial charge on any atom is 0.319 e. The van der Waals surface area contributed by atoms with Crippen LogP contribution in [0.1, 0.15) is 5.56 Å². The molecule has 0 aliphatic heterocycles. The summed E-state index contributed by atoms with van der Waals surface area (Å²) in [5.74, 6) is 2.31. The minimum Gasteiger partial charge on any atom is -0.493 e. The van der Waals surface area contributed by atoms with E-state index in [1.807, 2.05) is 49.3 Å². The summed E-state index contributed by atoms with van der Waals surface area (Å²) >= 11 is 0. The number of methoxy groups -OCH3 is 2. The van der Waals surface area contributed by atoms with E-state index in [2.05, 4.69) is 20.6 Å². The van der Waals surface area contributed by atoms with Crippen molar-refractivity contribution >= 4 is 28.3 Å². The molecule has 9 heteroatoms. The lowest BCUT2D eigenvalue weighted by atomic mass is 10.2. The average molecular weight is 474 g/mol. The summed E-state index contributed by atoms with van der Waals surface area (Å²) in [4.78, 5) is 23.0. The SMILES string of the molecule is COc1ccc(CNC(=O)Nc2ccc(Oc3ncnc4cc(N(C)C)ccc34)cc2)cc1OC. The van der Waals surface area contributed by atoms with Crippen molar-refractivity contribution in [3.63, 3.8) is 0 Å². The molecule has 0 saturated carbocycles. The monoisotopic (exact) mass is 473 g/mol. The minimum absolute atomic E-state index is 0.327. The number of nitrogens with one attached hydrogen (secondary N) is 2. The van der Waals surface area contributed by atoms with Crippen LogP contribution in [0.5, 0.6) is 23.1 Å². The Balaban J connectivity index is 1.36. The first-order valence-electron chi connectivity index (χ1n) is 10.9. The van der Waals surface area contributed by atoms with Crippen molar-refractivity contribution in [1.29, 1.82) is 0 Å². The minimum atomic E-state index is -0.327. The molecule has 0 spiro atoms. The molecule has 2 N–H and O–H groups in total. The Morgan fingerprint density at radius 2 is 1.69 bits per heavy atom. The molecule has 0 aliphatic rings. The number of carbonyl (C=O) groups excluding carboxylic acids is 1. The summed E-state index contributed by atoms with van der Waals surface area (Å²) in [5, 5.41) is 6.45. The number of ether oxygens (including phenoxy) is 3. The van der Waals surface area contributed by atoms with Crippen LogP contribution in [0.4, 0.5) is 16.2 Å². The van der Waals surface area contributed by atoms with Gasteiger partial charge in [0.15, 0.2) is 11.5 Å². The second kappa shape index (κ2) is 10.6. The highest BCUT2D eigenvalue weighted by Gasteiger charge is 2.09. The van der Waals surface area contributed by atoms with Gasteiger partial charge >= 0.3 is 6.03 Å². The predicted molar refractivity (Wildman–Crippen MR) is 136 cm³/mol. The van der Waals surface area contributed by atoms with Crippen LogP contribution in [0.25, 0.3) is 10.9 Å². The molecule has 0 radical (unpaired) electrons. The Labute approximate surface area is 203 Å². The second-order valence-corrected chi connectivity index (χ2v) is 7.90. The largest absolute Gasteiger partial charge is 0.493 e. The quantitative estimate of drug-likeness (QED) is 0.378. The van der Waals surface area contributed by atoms with Gasteiger partial charge in [0.05, 0.1) is 25.1 Å². The van der Waals surface area contributed by atoms with Crippen molar-refractivity contribution in [1.82, 2.24) is 15.3 Å². The van der Waals surface area contributed by atoms with Gasteiger partial charge in [-0.05, 0) is 60.2 Å². The van der Waals surface area contributed by atoms with Gasteiger partial charge in [0.1, 0.15) is 12.1 Å². The van der Waals surface area contributed by atoms with Crippen LogP contribution in [0.2, 0.25) is 0 Å². The van der Waals surface area contributed by atoms with Crippen LogP contribution in [0.15, 0.2) is 67.0 Å². The summed E-state index contributed by atoms with van der Waals surface area (Å²) in [5.41, 5.74) is 3.36. The zero-order chi connectivity index (χ0) is 24.8. The topological polar surface area (TPSA) is 97.8 Å². The van der Waals surface area contributed by atoms with Crippen LogP contribution in [-0.4, -0.2) is 44.3 Å². The first kappa shape index (κ1) is 23.6. The van der Waals surface area contributed by atoms with Gasteiger partial charge in [-0.1, -0.05) is 6.07 Å². The molecular weight excluding hydrogens is 446 g/mol.